The number of nitrogens with one attached hydrogen (secondary N) is 3. The Hall–Kier alpha value is -1.79. The number of hydrogen-bond acceptors (Lipinski definition) is 4. The minimum absolute atomic E-state index is 0.124. The summed E-state index contributed by atoms with van der Waals surface area (Å²) in [5, 5.41) is 8.45. The lowest BCUT2D eigenvalue weighted by molar-refractivity contribution is -0.128. The number of carbonyl (C=O) groups excluding carboxylic acids is 3. The first-order valence-corrected chi connectivity index (χ1v) is 15.7. The predicted molar refractivity (Wildman–Crippen MR) is 158 cm³/mol. The van der Waals surface area contributed by atoms with Crippen LogP contribution < -0.4 is 16.0 Å². The summed E-state index contributed by atoms with van der Waals surface area (Å²) in [6, 6.07) is -0.532. The van der Waals surface area contributed by atoms with Crippen molar-refractivity contribution in [3.05, 3.63) is 0 Å². The van der Waals surface area contributed by atoms with Crippen LogP contribution in [0.15, 0.2) is 0 Å². The van der Waals surface area contributed by atoms with Crippen LogP contribution in [0.25, 0.3) is 0 Å². The van der Waals surface area contributed by atoms with Gasteiger partial charge in [-0.25, -0.2) is 4.79 Å². The molecule has 0 radical (unpaired) electrons. The lowest BCUT2D eigenvalue weighted by Gasteiger charge is -2.20. The molecule has 0 aromatic rings. The molecule has 1 unspecified atom stereocenters. The molecule has 0 aliphatic carbocycles. The van der Waals surface area contributed by atoms with E-state index in [4.69, 9.17) is 4.74 Å². The highest BCUT2D eigenvalue weighted by atomic mass is 16.6. The van der Waals surface area contributed by atoms with Gasteiger partial charge >= 0.3 is 6.09 Å². The van der Waals surface area contributed by atoms with E-state index in [1.807, 2.05) is 20.8 Å². The van der Waals surface area contributed by atoms with Crippen LogP contribution in [-0.2, 0) is 14.3 Å². The summed E-state index contributed by atoms with van der Waals surface area (Å²) in [6.45, 7) is 10.3. The molecule has 0 fully saturated rings. The molecule has 3 N–H and O–H groups in total. The molecule has 0 bridgehead atoms. The Balaban J connectivity index is 3.72. The highest BCUT2D eigenvalue weighted by Crippen LogP contribution is 2.13. The fraction of sp³-hybridized carbons (Fsp3) is 0.903. The average molecular weight is 540 g/mol. The minimum Gasteiger partial charge on any atom is -0.444 e. The summed E-state index contributed by atoms with van der Waals surface area (Å²) in [7, 11) is 0. The van der Waals surface area contributed by atoms with E-state index in [9.17, 15) is 14.4 Å². The quantitative estimate of drug-likeness (QED) is 0.110. The van der Waals surface area contributed by atoms with E-state index in [-0.39, 0.29) is 11.8 Å². The Kier molecular flexibility index (Phi) is 23.1. The third-order valence-corrected chi connectivity index (χ3v) is 6.61. The van der Waals surface area contributed by atoms with Crippen LogP contribution >= 0.6 is 0 Å². The number of hydrogen-bond donors (Lipinski definition) is 3. The minimum atomic E-state index is -0.532. The van der Waals surface area contributed by atoms with Crippen LogP contribution in [0.2, 0.25) is 0 Å². The van der Waals surface area contributed by atoms with Crippen molar-refractivity contribution in [3.63, 3.8) is 0 Å². The molecule has 0 aliphatic rings. The average Bonchev–Trinajstić information content (AvgIpc) is 2.83. The molecule has 0 aromatic carbocycles. The van der Waals surface area contributed by atoms with Crippen LogP contribution in [0.3, 0.4) is 0 Å². The fourth-order valence-electron chi connectivity index (χ4n) is 4.50. The normalized spacial score (nSPS) is 12.1. The van der Waals surface area contributed by atoms with Crippen molar-refractivity contribution < 1.29 is 19.1 Å². The monoisotopic (exact) mass is 539 g/mol. The molecular formula is C31H61N3O4. The maximum Gasteiger partial charge on any atom is 0.407 e. The zero-order valence-corrected chi connectivity index (χ0v) is 25.6. The number of carbonyl (C=O) groups is 3. The number of unbranched alkanes of at least 4 members (excludes halogenated alkanes) is 16. The SMILES string of the molecule is CCCCCCCCCCCCCCCCCCNC(=O)C(CCCCNC(=O)OC(C)(C)C)NC(C)=O. The van der Waals surface area contributed by atoms with Gasteiger partial charge in [0.1, 0.15) is 11.6 Å². The Morgan fingerprint density at radius 3 is 1.50 bits per heavy atom. The molecule has 7 heteroatoms. The van der Waals surface area contributed by atoms with E-state index in [1.54, 1.807) is 0 Å². The maximum atomic E-state index is 12.6. The number of amides is 3. The topological polar surface area (TPSA) is 96.5 Å². The van der Waals surface area contributed by atoms with Crippen LogP contribution in [0.5, 0.6) is 0 Å². The van der Waals surface area contributed by atoms with Gasteiger partial charge in [0.2, 0.25) is 11.8 Å². The molecule has 0 saturated heterocycles. The van der Waals surface area contributed by atoms with Crippen molar-refractivity contribution in [2.45, 2.75) is 168 Å². The summed E-state index contributed by atoms with van der Waals surface area (Å²) >= 11 is 0. The molecular weight excluding hydrogens is 478 g/mol. The zero-order chi connectivity index (χ0) is 28.5. The molecule has 0 rings (SSSR count). The van der Waals surface area contributed by atoms with Gasteiger partial charge in [0.25, 0.3) is 0 Å². The van der Waals surface area contributed by atoms with Crippen LogP contribution in [0, 0.1) is 0 Å². The van der Waals surface area contributed by atoms with Gasteiger partial charge in [0.05, 0.1) is 0 Å². The summed E-state index contributed by atoms with van der Waals surface area (Å²) < 4.78 is 5.21. The second kappa shape index (κ2) is 24.3. The van der Waals surface area contributed by atoms with E-state index in [2.05, 4.69) is 22.9 Å². The molecule has 3 amide bonds. The van der Waals surface area contributed by atoms with E-state index in [0.29, 0.717) is 32.4 Å². The second-order valence-electron chi connectivity index (χ2n) is 11.8. The number of ether oxygens (including phenoxy) is 1. The Bertz CT molecular complexity index is 604. The lowest BCUT2D eigenvalue weighted by Crippen LogP contribution is -2.46. The van der Waals surface area contributed by atoms with Crippen molar-refractivity contribution in [3.8, 4) is 0 Å². The lowest BCUT2D eigenvalue weighted by atomic mass is 10.0. The number of rotatable bonds is 24. The van der Waals surface area contributed by atoms with Gasteiger partial charge in [-0.3, -0.25) is 9.59 Å². The largest absolute Gasteiger partial charge is 0.444 e. The second-order valence-corrected chi connectivity index (χ2v) is 11.8. The molecule has 0 saturated carbocycles. The zero-order valence-electron chi connectivity index (χ0n) is 25.6. The summed E-state index contributed by atoms with van der Waals surface area (Å²) in [5.41, 5.74) is -0.523. The van der Waals surface area contributed by atoms with Crippen molar-refractivity contribution in [2.75, 3.05) is 13.1 Å². The fourth-order valence-corrected chi connectivity index (χ4v) is 4.50. The summed E-state index contributed by atoms with van der Waals surface area (Å²) in [5.74, 6) is -0.333. The van der Waals surface area contributed by atoms with E-state index in [0.717, 1.165) is 12.8 Å². The van der Waals surface area contributed by atoms with Gasteiger partial charge in [-0.2, -0.15) is 0 Å². The van der Waals surface area contributed by atoms with Crippen molar-refractivity contribution >= 4 is 17.9 Å². The highest BCUT2D eigenvalue weighted by molar-refractivity contribution is 5.86. The highest BCUT2D eigenvalue weighted by Gasteiger charge is 2.19. The molecule has 0 spiro atoms. The van der Waals surface area contributed by atoms with E-state index < -0.39 is 17.7 Å². The van der Waals surface area contributed by atoms with Gasteiger partial charge in [-0.1, -0.05) is 103 Å². The van der Waals surface area contributed by atoms with Crippen LogP contribution in [0.1, 0.15) is 157 Å². The third-order valence-electron chi connectivity index (χ3n) is 6.61. The van der Waals surface area contributed by atoms with Gasteiger partial charge in [-0.15, -0.1) is 0 Å². The smallest absolute Gasteiger partial charge is 0.407 e. The summed E-state index contributed by atoms with van der Waals surface area (Å²) in [6.07, 6.45) is 22.7. The first kappa shape index (κ1) is 36.2. The summed E-state index contributed by atoms with van der Waals surface area (Å²) in [4.78, 5) is 35.8. The van der Waals surface area contributed by atoms with Gasteiger partial charge in [0.15, 0.2) is 0 Å². The molecule has 224 valence electrons. The molecule has 0 aliphatic heterocycles. The van der Waals surface area contributed by atoms with Gasteiger partial charge < -0.3 is 20.7 Å². The van der Waals surface area contributed by atoms with E-state index in [1.165, 1.54) is 96.8 Å². The van der Waals surface area contributed by atoms with Crippen LogP contribution in [-0.4, -0.2) is 42.6 Å². The Morgan fingerprint density at radius 2 is 1.05 bits per heavy atom. The third kappa shape index (κ3) is 25.8. The van der Waals surface area contributed by atoms with Gasteiger partial charge in [0, 0.05) is 20.0 Å². The van der Waals surface area contributed by atoms with Crippen LogP contribution in [0.4, 0.5) is 4.79 Å². The first-order valence-electron chi connectivity index (χ1n) is 15.7. The van der Waals surface area contributed by atoms with Crippen molar-refractivity contribution in [1.29, 1.82) is 0 Å². The number of alkyl carbamates (subject to hydrolysis) is 1. The molecule has 0 aromatic heterocycles. The molecule has 0 heterocycles. The van der Waals surface area contributed by atoms with Gasteiger partial charge in [-0.05, 0) is 46.5 Å². The molecule has 7 nitrogen and oxygen atoms in total. The van der Waals surface area contributed by atoms with Crippen molar-refractivity contribution in [1.82, 2.24) is 16.0 Å². The maximum absolute atomic E-state index is 12.6. The van der Waals surface area contributed by atoms with Crippen molar-refractivity contribution in [2.24, 2.45) is 0 Å². The first-order chi connectivity index (χ1) is 18.2. The van der Waals surface area contributed by atoms with E-state index >= 15 is 0 Å². The molecule has 38 heavy (non-hydrogen) atoms. The molecule has 1 atom stereocenters. The Morgan fingerprint density at radius 1 is 0.632 bits per heavy atom. The predicted octanol–water partition coefficient (Wildman–Crippen LogP) is 7.56. The Labute approximate surface area is 234 Å². The standard InChI is InChI=1S/C31H61N3O4/c1-6-7-8-9-10-11-12-13-14-15-16-17-18-19-20-22-25-32-29(36)28(34-27(2)35)24-21-23-26-33-30(37)38-31(3,4)5/h28H,6-26H2,1-5H3,(H,32,36)(H,33,37)(H,34,35).